The number of rotatable bonds is 10. The smallest absolute Gasteiger partial charge is 0.246 e. The molecule has 0 fully saturated rings. The van der Waals surface area contributed by atoms with Gasteiger partial charge in [-0.25, -0.2) is 0 Å². The monoisotopic (exact) mass is 380 g/mol. The predicted molar refractivity (Wildman–Crippen MR) is 105 cm³/mol. The van der Waals surface area contributed by atoms with E-state index in [2.05, 4.69) is 39.2 Å². The van der Waals surface area contributed by atoms with E-state index in [0.29, 0.717) is 19.6 Å². The summed E-state index contributed by atoms with van der Waals surface area (Å²) in [6, 6.07) is 8.81. The van der Waals surface area contributed by atoms with Gasteiger partial charge in [0, 0.05) is 6.61 Å². The van der Waals surface area contributed by atoms with Crippen LogP contribution in [0.4, 0.5) is 0 Å². The van der Waals surface area contributed by atoms with Crippen molar-refractivity contribution in [3.05, 3.63) is 35.9 Å². The molecule has 26 heavy (non-hydrogen) atoms. The first-order chi connectivity index (χ1) is 12.0. The number of benzene rings is 1. The van der Waals surface area contributed by atoms with Crippen LogP contribution in [0.1, 0.15) is 32.8 Å². The number of carbonyl (C=O) groups excluding carboxylic acids is 2. The minimum Gasteiger partial charge on any atom is -0.417 e. The fourth-order valence-electron chi connectivity index (χ4n) is 2.01. The molecule has 0 aliphatic heterocycles. The molecule has 0 saturated heterocycles. The molecule has 0 heterocycles. The zero-order valence-corrected chi connectivity index (χ0v) is 17.5. The zero-order chi connectivity index (χ0) is 19.8. The van der Waals surface area contributed by atoms with E-state index in [1.54, 1.807) is 0 Å². The van der Waals surface area contributed by atoms with Gasteiger partial charge in [-0.05, 0) is 30.1 Å². The first-order valence-corrected chi connectivity index (χ1v) is 11.8. The Hall–Kier alpha value is -1.70. The van der Waals surface area contributed by atoms with Gasteiger partial charge in [-0.15, -0.1) is 0 Å². The molecule has 0 radical (unpaired) electrons. The van der Waals surface area contributed by atoms with Crippen molar-refractivity contribution in [3.8, 4) is 0 Å². The van der Waals surface area contributed by atoms with E-state index < -0.39 is 20.3 Å². The molecule has 146 valence electrons. The van der Waals surface area contributed by atoms with Gasteiger partial charge in [0.25, 0.3) is 0 Å². The van der Waals surface area contributed by atoms with Crippen LogP contribution in [0.3, 0.4) is 0 Å². The van der Waals surface area contributed by atoms with Gasteiger partial charge in [0.05, 0.1) is 6.61 Å². The van der Waals surface area contributed by atoms with Gasteiger partial charge in [0.1, 0.15) is 12.6 Å². The van der Waals surface area contributed by atoms with Crippen molar-refractivity contribution in [2.45, 2.75) is 58.0 Å². The highest BCUT2D eigenvalue weighted by atomic mass is 28.4. The van der Waals surface area contributed by atoms with Crippen molar-refractivity contribution in [2.24, 2.45) is 5.73 Å². The first kappa shape index (κ1) is 22.3. The maximum Gasteiger partial charge on any atom is 0.246 e. The molecule has 0 bridgehead atoms. The van der Waals surface area contributed by atoms with E-state index in [1.165, 1.54) is 0 Å². The number of carbonyl (C=O) groups is 2. The Bertz CT molecular complexity index is 585. The summed E-state index contributed by atoms with van der Waals surface area (Å²) in [6.45, 7) is 11.3. The number of hydrogen-bond acceptors (Lipinski definition) is 4. The fraction of sp³-hybridized carbons (Fsp3) is 0.579. The normalized spacial score (nSPS) is 13.3. The second kappa shape index (κ2) is 9.85. The average molecular weight is 381 g/mol. The molecular weight excluding hydrogens is 348 g/mol. The average Bonchev–Trinajstić information content (AvgIpc) is 2.53. The molecule has 0 saturated carbocycles. The minimum atomic E-state index is -1.89. The maximum atomic E-state index is 12.0. The summed E-state index contributed by atoms with van der Waals surface area (Å²) in [5.41, 5.74) is 6.38. The van der Waals surface area contributed by atoms with E-state index >= 15 is 0 Å². The van der Waals surface area contributed by atoms with Gasteiger partial charge in [0.2, 0.25) is 11.8 Å². The number of amides is 2. The lowest BCUT2D eigenvalue weighted by atomic mass is 10.2. The Morgan fingerprint density at radius 1 is 1.19 bits per heavy atom. The largest absolute Gasteiger partial charge is 0.417 e. The van der Waals surface area contributed by atoms with Crippen LogP contribution < -0.4 is 11.1 Å². The van der Waals surface area contributed by atoms with Crippen molar-refractivity contribution in [1.29, 1.82) is 0 Å². The molecule has 1 atom stereocenters. The van der Waals surface area contributed by atoms with Crippen molar-refractivity contribution >= 4 is 20.1 Å². The summed E-state index contributed by atoms with van der Waals surface area (Å²) < 4.78 is 11.4. The van der Waals surface area contributed by atoms with Gasteiger partial charge in [-0.1, -0.05) is 51.1 Å². The van der Waals surface area contributed by atoms with Crippen LogP contribution in [-0.4, -0.2) is 39.4 Å². The molecule has 1 aromatic carbocycles. The van der Waals surface area contributed by atoms with Crippen LogP contribution >= 0.6 is 0 Å². The summed E-state index contributed by atoms with van der Waals surface area (Å²) in [5.74, 6) is -0.933. The van der Waals surface area contributed by atoms with Gasteiger partial charge >= 0.3 is 0 Å². The van der Waals surface area contributed by atoms with Crippen molar-refractivity contribution < 1.29 is 18.8 Å². The number of ether oxygens (including phenoxy) is 1. The van der Waals surface area contributed by atoms with E-state index in [9.17, 15) is 9.59 Å². The Labute approximate surface area is 157 Å². The van der Waals surface area contributed by atoms with Crippen LogP contribution in [0, 0.1) is 0 Å². The Balaban J connectivity index is 2.40. The Morgan fingerprint density at radius 2 is 1.81 bits per heavy atom. The number of hydrogen-bond donors (Lipinski definition) is 2. The molecule has 1 rings (SSSR count). The van der Waals surface area contributed by atoms with Crippen LogP contribution in [0.5, 0.6) is 0 Å². The van der Waals surface area contributed by atoms with Crippen molar-refractivity contribution in [1.82, 2.24) is 5.32 Å². The third-order valence-electron chi connectivity index (χ3n) is 4.70. The summed E-state index contributed by atoms with van der Waals surface area (Å²) in [6.07, 6.45) is 0.353. The van der Waals surface area contributed by atoms with Gasteiger partial charge in [0.15, 0.2) is 8.32 Å². The molecule has 3 N–H and O–H groups in total. The highest BCUT2D eigenvalue weighted by Gasteiger charge is 2.37. The van der Waals surface area contributed by atoms with Crippen molar-refractivity contribution in [2.75, 3.05) is 13.2 Å². The van der Waals surface area contributed by atoms with E-state index in [-0.39, 0.29) is 17.6 Å². The molecule has 1 aromatic rings. The molecule has 0 unspecified atom stereocenters. The van der Waals surface area contributed by atoms with Gasteiger partial charge < -0.3 is 20.2 Å². The third-order valence-corrected chi connectivity index (χ3v) is 9.24. The number of nitrogens with one attached hydrogen (secondary N) is 1. The van der Waals surface area contributed by atoms with Gasteiger partial charge in [-0.2, -0.15) is 0 Å². The number of nitrogens with two attached hydrogens (primary N) is 1. The molecule has 2 amide bonds. The lowest BCUT2D eigenvalue weighted by molar-refractivity contribution is -0.130. The third kappa shape index (κ3) is 7.68. The first-order valence-electron chi connectivity index (χ1n) is 8.87. The fourth-order valence-corrected chi connectivity index (χ4v) is 3.07. The van der Waals surface area contributed by atoms with Crippen LogP contribution in [-0.2, 0) is 25.4 Å². The minimum absolute atomic E-state index is 0.0871. The summed E-state index contributed by atoms with van der Waals surface area (Å²) in [5, 5.41) is 2.71. The predicted octanol–water partition coefficient (Wildman–Crippen LogP) is 2.59. The second-order valence-electron chi connectivity index (χ2n) is 7.90. The zero-order valence-electron chi connectivity index (χ0n) is 16.5. The SMILES string of the molecule is CC(C)(C)[Si](C)(C)OCC[C@H](NC(=O)COCc1ccccc1)C(N)=O. The topological polar surface area (TPSA) is 90.7 Å². The standard InChI is InChI=1S/C19H32N2O4Si/c1-19(2,3)26(4,5)25-12-11-16(18(20)23)21-17(22)14-24-13-15-9-7-6-8-10-15/h6-10,16H,11-14H2,1-5H3,(H2,20,23)(H,21,22)/t16-/m0/s1. The van der Waals surface area contributed by atoms with Crippen LogP contribution in [0.25, 0.3) is 0 Å². The van der Waals surface area contributed by atoms with E-state index in [1.807, 2.05) is 30.3 Å². The Morgan fingerprint density at radius 3 is 2.35 bits per heavy atom. The van der Waals surface area contributed by atoms with Crippen molar-refractivity contribution in [3.63, 3.8) is 0 Å². The maximum absolute atomic E-state index is 12.0. The highest BCUT2D eigenvalue weighted by molar-refractivity contribution is 6.74. The number of primary amides is 1. The summed E-state index contributed by atoms with van der Waals surface area (Å²) >= 11 is 0. The lowest BCUT2D eigenvalue weighted by Crippen LogP contribution is -2.47. The molecule has 7 heteroatoms. The molecule has 0 aromatic heterocycles. The van der Waals surface area contributed by atoms with Gasteiger partial charge in [-0.3, -0.25) is 9.59 Å². The summed E-state index contributed by atoms with van der Waals surface area (Å²) in [7, 11) is -1.89. The Kier molecular flexibility index (Phi) is 8.46. The van der Waals surface area contributed by atoms with E-state index in [4.69, 9.17) is 14.9 Å². The molecule has 0 spiro atoms. The lowest BCUT2D eigenvalue weighted by Gasteiger charge is -2.36. The van der Waals surface area contributed by atoms with Crippen LogP contribution in [0.2, 0.25) is 18.1 Å². The molecular formula is C19H32N2O4Si. The van der Waals surface area contributed by atoms with E-state index in [0.717, 1.165) is 5.56 Å². The highest BCUT2D eigenvalue weighted by Crippen LogP contribution is 2.36. The molecule has 0 aliphatic rings. The summed E-state index contributed by atoms with van der Waals surface area (Å²) in [4.78, 5) is 23.6. The quantitative estimate of drug-likeness (QED) is 0.610. The van der Waals surface area contributed by atoms with Crippen LogP contribution in [0.15, 0.2) is 30.3 Å². The molecule has 0 aliphatic carbocycles. The molecule has 6 nitrogen and oxygen atoms in total. The second-order valence-corrected chi connectivity index (χ2v) is 12.7.